The number of amides is 1. The zero-order chi connectivity index (χ0) is 13.0. The molecule has 0 aliphatic heterocycles. The van der Waals surface area contributed by atoms with Crippen LogP contribution >= 0.6 is 0 Å². The summed E-state index contributed by atoms with van der Waals surface area (Å²) in [6.45, 7) is 4.20. The lowest BCUT2D eigenvalue weighted by atomic mass is 10.2. The Bertz CT molecular complexity index is 409. The first kappa shape index (κ1) is 13.3. The minimum Gasteiger partial charge on any atom is -0.399 e. The first-order valence-electron chi connectivity index (χ1n) is 5.52. The van der Waals surface area contributed by atoms with Crippen molar-refractivity contribution in [3.8, 4) is 0 Å². The molecule has 0 heterocycles. The molecule has 94 valence electrons. The van der Waals surface area contributed by atoms with Crippen LogP contribution in [0.15, 0.2) is 18.2 Å². The number of anilines is 2. The van der Waals surface area contributed by atoms with Gasteiger partial charge in [-0.2, -0.15) is 0 Å². The standard InChI is InChI=1S/C12H18FN3O/c1-4-16(3)12(17)8(2)15-11-6-5-9(14)7-10(11)13/h5-8,15H,4,14H2,1-3H3. The normalized spacial score (nSPS) is 12.0. The van der Waals surface area contributed by atoms with E-state index in [9.17, 15) is 9.18 Å². The van der Waals surface area contributed by atoms with Gasteiger partial charge >= 0.3 is 0 Å². The summed E-state index contributed by atoms with van der Waals surface area (Å²) in [5, 5.41) is 2.83. The predicted octanol–water partition coefficient (Wildman–Crippen LogP) is 1.69. The predicted molar refractivity (Wildman–Crippen MR) is 67.2 cm³/mol. The van der Waals surface area contributed by atoms with Gasteiger partial charge in [-0.1, -0.05) is 0 Å². The van der Waals surface area contributed by atoms with Gasteiger partial charge in [0.05, 0.1) is 5.69 Å². The molecule has 0 fully saturated rings. The third-order valence-electron chi connectivity index (χ3n) is 2.59. The molecule has 0 aromatic heterocycles. The number of nitrogens with zero attached hydrogens (tertiary/aromatic N) is 1. The minimum absolute atomic E-state index is 0.0799. The Balaban J connectivity index is 2.74. The first-order chi connectivity index (χ1) is 7.95. The quantitative estimate of drug-likeness (QED) is 0.786. The van der Waals surface area contributed by atoms with Crippen molar-refractivity contribution in [2.45, 2.75) is 19.9 Å². The van der Waals surface area contributed by atoms with Crippen LogP contribution in [0.2, 0.25) is 0 Å². The van der Waals surface area contributed by atoms with E-state index in [-0.39, 0.29) is 11.6 Å². The molecule has 1 rings (SSSR count). The molecule has 1 aromatic rings. The Morgan fingerprint density at radius 3 is 2.76 bits per heavy atom. The highest BCUT2D eigenvalue weighted by Gasteiger charge is 2.17. The van der Waals surface area contributed by atoms with Crippen molar-refractivity contribution in [1.82, 2.24) is 4.90 Å². The van der Waals surface area contributed by atoms with Gasteiger partial charge in [0.1, 0.15) is 11.9 Å². The van der Waals surface area contributed by atoms with Gasteiger partial charge < -0.3 is 16.0 Å². The topological polar surface area (TPSA) is 58.4 Å². The summed E-state index contributed by atoms with van der Waals surface area (Å²) in [6, 6.07) is 3.87. The molecule has 0 aliphatic rings. The Labute approximate surface area is 101 Å². The molecule has 1 amide bonds. The molecule has 5 heteroatoms. The number of halogens is 1. The second-order valence-electron chi connectivity index (χ2n) is 3.96. The summed E-state index contributed by atoms with van der Waals surface area (Å²) in [5.74, 6) is -0.535. The van der Waals surface area contributed by atoms with E-state index < -0.39 is 11.9 Å². The van der Waals surface area contributed by atoms with Crippen molar-refractivity contribution in [2.24, 2.45) is 0 Å². The molecular weight excluding hydrogens is 221 g/mol. The fraction of sp³-hybridized carbons (Fsp3) is 0.417. The molecule has 0 aliphatic carbocycles. The van der Waals surface area contributed by atoms with E-state index in [1.165, 1.54) is 12.1 Å². The van der Waals surface area contributed by atoms with Crippen LogP contribution in [0.4, 0.5) is 15.8 Å². The maximum Gasteiger partial charge on any atom is 0.244 e. The third kappa shape index (κ3) is 3.34. The number of carbonyl (C=O) groups is 1. The number of nitrogens with one attached hydrogen (secondary N) is 1. The fourth-order valence-corrected chi connectivity index (χ4v) is 1.43. The summed E-state index contributed by atoms with van der Waals surface area (Å²) in [4.78, 5) is 13.3. The lowest BCUT2D eigenvalue weighted by Gasteiger charge is -2.21. The first-order valence-corrected chi connectivity index (χ1v) is 5.52. The van der Waals surface area contributed by atoms with E-state index in [0.717, 1.165) is 0 Å². The average Bonchev–Trinajstić information content (AvgIpc) is 2.30. The highest BCUT2D eigenvalue weighted by atomic mass is 19.1. The smallest absolute Gasteiger partial charge is 0.244 e. The molecule has 0 saturated carbocycles. The van der Waals surface area contributed by atoms with E-state index in [0.29, 0.717) is 12.2 Å². The zero-order valence-corrected chi connectivity index (χ0v) is 10.3. The monoisotopic (exact) mass is 239 g/mol. The molecule has 1 atom stereocenters. The highest BCUT2D eigenvalue weighted by Crippen LogP contribution is 2.17. The number of rotatable bonds is 4. The van der Waals surface area contributed by atoms with E-state index in [2.05, 4.69) is 5.32 Å². The van der Waals surface area contributed by atoms with Gasteiger partial charge in [-0.25, -0.2) is 4.39 Å². The fourth-order valence-electron chi connectivity index (χ4n) is 1.43. The van der Waals surface area contributed by atoms with Gasteiger partial charge in [-0.15, -0.1) is 0 Å². The molecule has 17 heavy (non-hydrogen) atoms. The van der Waals surface area contributed by atoms with Gasteiger partial charge in [0, 0.05) is 19.3 Å². The number of benzene rings is 1. The molecule has 0 saturated heterocycles. The third-order valence-corrected chi connectivity index (χ3v) is 2.59. The van der Waals surface area contributed by atoms with Crippen LogP contribution in [-0.4, -0.2) is 30.4 Å². The maximum absolute atomic E-state index is 13.5. The van der Waals surface area contributed by atoms with Crippen molar-refractivity contribution in [2.75, 3.05) is 24.6 Å². The number of carbonyl (C=O) groups excluding carboxylic acids is 1. The van der Waals surface area contributed by atoms with Crippen molar-refractivity contribution >= 4 is 17.3 Å². The van der Waals surface area contributed by atoms with Crippen LogP contribution in [0.1, 0.15) is 13.8 Å². The van der Waals surface area contributed by atoms with Crippen molar-refractivity contribution in [3.63, 3.8) is 0 Å². The largest absolute Gasteiger partial charge is 0.399 e. The lowest BCUT2D eigenvalue weighted by Crippen LogP contribution is -2.39. The number of nitrogens with two attached hydrogens (primary N) is 1. The van der Waals surface area contributed by atoms with Crippen molar-refractivity contribution in [1.29, 1.82) is 0 Å². The summed E-state index contributed by atoms with van der Waals surface area (Å²) in [7, 11) is 1.71. The Kier molecular flexibility index (Phi) is 4.31. The van der Waals surface area contributed by atoms with Gasteiger partial charge in [0.25, 0.3) is 0 Å². The number of likely N-dealkylation sites (N-methyl/N-ethyl adjacent to an activating group) is 1. The van der Waals surface area contributed by atoms with Crippen molar-refractivity contribution < 1.29 is 9.18 Å². The molecule has 4 nitrogen and oxygen atoms in total. The van der Waals surface area contributed by atoms with Gasteiger partial charge in [0.2, 0.25) is 5.91 Å². The Hall–Kier alpha value is -1.78. The molecule has 0 radical (unpaired) electrons. The van der Waals surface area contributed by atoms with Crippen LogP contribution in [0.25, 0.3) is 0 Å². The van der Waals surface area contributed by atoms with Gasteiger partial charge in [-0.3, -0.25) is 4.79 Å². The average molecular weight is 239 g/mol. The second-order valence-corrected chi connectivity index (χ2v) is 3.96. The van der Waals surface area contributed by atoms with E-state index in [1.54, 1.807) is 24.9 Å². The molecule has 3 N–H and O–H groups in total. The van der Waals surface area contributed by atoms with E-state index >= 15 is 0 Å². The lowest BCUT2D eigenvalue weighted by molar-refractivity contribution is -0.130. The van der Waals surface area contributed by atoms with E-state index in [4.69, 9.17) is 5.73 Å². The molecule has 1 unspecified atom stereocenters. The number of nitrogen functional groups attached to an aromatic ring is 1. The molecular formula is C12H18FN3O. The van der Waals surface area contributed by atoms with Crippen LogP contribution in [0.3, 0.4) is 0 Å². The molecule has 0 bridgehead atoms. The Morgan fingerprint density at radius 1 is 1.59 bits per heavy atom. The van der Waals surface area contributed by atoms with Crippen LogP contribution in [0.5, 0.6) is 0 Å². The second kappa shape index (κ2) is 5.52. The zero-order valence-electron chi connectivity index (χ0n) is 10.3. The van der Waals surface area contributed by atoms with Crippen LogP contribution in [0, 0.1) is 5.82 Å². The Morgan fingerprint density at radius 2 is 2.24 bits per heavy atom. The SMILES string of the molecule is CCN(C)C(=O)C(C)Nc1ccc(N)cc1F. The number of hydrogen-bond donors (Lipinski definition) is 2. The number of hydrogen-bond acceptors (Lipinski definition) is 3. The van der Waals surface area contributed by atoms with Crippen molar-refractivity contribution in [3.05, 3.63) is 24.0 Å². The van der Waals surface area contributed by atoms with E-state index in [1.807, 2.05) is 6.92 Å². The van der Waals surface area contributed by atoms with Gasteiger partial charge in [0.15, 0.2) is 0 Å². The summed E-state index contributed by atoms with van der Waals surface area (Å²) < 4.78 is 13.5. The van der Waals surface area contributed by atoms with Crippen LogP contribution < -0.4 is 11.1 Å². The summed E-state index contributed by atoms with van der Waals surface area (Å²) in [5.41, 5.74) is 6.09. The van der Waals surface area contributed by atoms with Crippen LogP contribution in [-0.2, 0) is 4.79 Å². The highest BCUT2D eigenvalue weighted by molar-refractivity contribution is 5.84. The molecule has 1 aromatic carbocycles. The maximum atomic E-state index is 13.5. The van der Waals surface area contributed by atoms with Gasteiger partial charge in [-0.05, 0) is 32.0 Å². The minimum atomic E-state index is -0.474. The summed E-state index contributed by atoms with van der Waals surface area (Å²) >= 11 is 0. The summed E-state index contributed by atoms with van der Waals surface area (Å²) in [6.07, 6.45) is 0. The molecule has 0 spiro atoms.